The van der Waals surface area contributed by atoms with Gasteiger partial charge < -0.3 is 5.11 Å². The summed E-state index contributed by atoms with van der Waals surface area (Å²) >= 11 is 0. The van der Waals surface area contributed by atoms with Gasteiger partial charge in [-0.3, -0.25) is 9.78 Å². The Hall–Kier alpha value is -1.38. The Kier molecular flexibility index (Phi) is 2.02. The average Bonchev–Trinajstić information content (AvgIpc) is 2.05. The first-order chi connectivity index (χ1) is 6.67. The Morgan fingerprint density at radius 3 is 2.71 bits per heavy atom. The summed E-state index contributed by atoms with van der Waals surface area (Å²) in [6, 6.07) is 1.87. The Labute approximate surface area is 82.8 Å². The van der Waals surface area contributed by atoms with E-state index in [1.807, 2.05) is 13.0 Å². The van der Waals surface area contributed by atoms with Crippen LogP contribution >= 0.6 is 0 Å². The van der Waals surface area contributed by atoms with Crippen molar-refractivity contribution in [1.82, 2.24) is 4.98 Å². The second-order valence-corrected chi connectivity index (χ2v) is 3.93. The molecule has 1 aromatic heterocycles. The van der Waals surface area contributed by atoms with E-state index in [-0.39, 0.29) is 0 Å². The van der Waals surface area contributed by atoms with Gasteiger partial charge >= 0.3 is 5.97 Å². The highest BCUT2D eigenvalue weighted by Gasteiger charge is 2.46. The maximum Gasteiger partial charge on any atom is 0.314 e. The predicted octanol–water partition coefficient (Wildman–Crippen LogP) is 1.90. The number of carboxylic acids is 1. The molecule has 0 saturated heterocycles. The van der Waals surface area contributed by atoms with Gasteiger partial charge in [-0.05, 0) is 37.0 Å². The van der Waals surface area contributed by atoms with Crippen molar-refractivity contribution in [3.05, 3.63) is 29.6 Å². The number of aromatic nitrogens is 1. The number of hydrogen-bond acceptors (Lipinski definition) is 2. The first kappa shape index (κ1) is 9.19. The van der Waals surface area contributed by atoms with Crippen LogP contribution in [-0.4, -0.2) is 16.1 Å². The minimum Gasteiger partial charge on any atom is -0.481 e. The second kappa shape index (κ2) is 3.08. The highest BCUT2D eigenvalue weighted by Crippen LogP contribution is 2.44. The summed E-state index contributed by atoms with van der Waals surface area (Å²) in [5.74, 6) is -0.708. The molecule has 0 aliphatic heterocycles. The molecule has 1 aromatic rings. The predicted molar refractivity (Wildman–Crippen MR) is 52.1 cm³/mol. The first-order valence-corrected chi connectivity index (χ1v) is 4.81. The van der Waals surface area contributed by atoms with E-state index in [0.717, 1.165) is 30.4 Å². The maximum atomic E-state index is 11.2. The second-order valence-electron chi connectivity index (χ2n) is 3.93. The van der Waals surface area contributed by atoms with Crippen LogP contribution in [0, 0.1) is 6.92 Å². The number of aliphatic carboxylic acids is 1. The zero-order valence-corrected chi connectivity index (χ0v) is 8.16. The van der Waals surface area contributed by atoms with Crippen molar-refractivity contribution in [3.8, 4) is 0 Å². The van der Waals surface area contributed by atoms with Gasteiger partial charge in [0.2, 0.25) is 0 Å². The van der Waals surface area contributed by atoms with Crippen molar-refractivity contribution >= 4 is 5.97 Å². The summed E-state index contributed by atoms with van der Waals surface area (Å²) < 4.78 is 0. The van der Waals surface area contributed by atoms with Crippen molar-refractivity contribution in [2.45, 2.75) is 31.6 Å². The Balaban J connectivity index is 2.47. The fourth-order valence-electron chi connectivity index (χ4n) is 2.09. The molecule has 0 unspecified atom stereocenters. The number of nitrogens with zero attached hydrogens (tertiary/aromatic N) is 1. The molecule has 1 saturated carbocycles. The van der Waals surface area contributed by atoms with Crippen molar-refractivity contribution in [3.63, 3.8) is 0 Å². The van der Waals surface area contributed by atoms with E-state index in [0.29, 0.717) is 0 Å². The highest BCUT2D eigenvalue weighted by atomic mass is 16.4. The molecule has 2 rings (SSSR count). The summed E-state index contributed by atoms with van der Waals surface area (Å²) in [4.78, 5) is 15.2. The topological polar surface area (TPSA) is 50.2 Å². The van der Waals surface area contributed by atoms with Crippen molar-refractivity contribution in [2.75, 3.05) is 0 Å². The lowest BCUT2D eigenvalue weighted by Crippen LogP contribution is -2.42. The molecule has 0 atom stereocenters. The minimum absolute atomic E-state index is 0.641. The van der Waals surface area contributed by atoms with Crippen LogP contribution in [0.3, 0.4) is 0 Å². The molecule has 1 heterocycles. The lowest BCUT2D eigenvalue weighted by atomic mass is 9.64. The molecule has 1 N–H and O–H groups in total. The molecule has 0 radical (unpaired) electrons. The van der Waals surface area contributed by atoms with Gasteiger partial charge in [0, 0.05) is 12.4 Å². The SMILES string of the molecule is Cc1ccncc1C1(C(=O)O)CCC1. The van der Waals surface area contributed by atoms with Crippen molar-refractivity contribution in [2.24, 2.45) is 0 Å². The van der Waals surface area contributed by atoms with Crippen molar-refractivity contribution in [1.29, 1.82) is 0 Å². The van der Waals surface area contributed by atoms with Crippen molar-refractivity contribution < 1.29 is 9.90 Å². The van der Waals surface area contributed by atoms with Crippen LogP contribution in [0.5, 0.6) is 0 Å². The monoisotopic (exact) mass is 191 g/mol. The average molecular weight is 191 g/mol. The maximum absolute atomic E-state index is 11.2. The van der Waals surface area contributed by atoms with E-state index < -0.39 is 11.4 Å². The fraction of sp³-hybridized carbons (Fsp3) is 0.455. The number of hydrogen-bond donors (Lipinski definition) is 1. The minimum atomic E-state index is -0.708. The molecule has 14 heavy (non-hydrogen) atoms. The molecule has 0 spiro atoms. The molecule has 1 fully saturated rings. The molecule has 3 nitrogen and oxygen atoms in total. The number of carbonyl (C=O) groups is 1. The van der Waals surface area contributed by atoms with Crippen LogP contribution in [0.4, 0.5) is 0 Å². The van der Waals surface area contributed by atoms with Gasteiger partial charge in [-0.15, -0.1) is 0 Å². The van der Waals surface area contributed by atoms with E-state index in [1.165, 1.54) is 0 Å². The van der Waals surface area contributed by atoms with E-state index in [1.54, 1.807) is 12.4 Å². The normalized spacial score (nSPS) is 18.6. The van der Waals surface area contributed by atoms with Gasteiger partial charge in [0.1, 0.15) is 0 Å². The largest absolute Gasteiger partial charge is 0.481 e. The number of carboxylic acid groups (broad SMARTS) is 1. The van der Waals surface area contributed by atoms with Gasteiger partial charge in [0.15, 0.2) is 0 Å². The lowest BCUT2D eigenvalue weighted by Gasteiger charge is -2.38. The van der Waals surface area contributed by atoms with E-state index in [9.17, 15) is 9.90 Å². The third kappa shape index (κ3) is 1.12. The van der Waals surface area contributed by atoms with Gasteiger partial charge in [0.25, 0.3) is 0 Å². The summed E-state index contributed by atoms with van der Waals surface area (Å²) in [7, 11) is 0. The third-order valence-corrected chi connectivity index (χ3v) is 3.17. The Bertz CT molecular complexity index is 369. The molecule has 1 aliphatic rings. The molecule has 3 heteroatoms. The van der Waals surface area contributed by atoms with Crippen LogP contribution < -0.4 is 0 Å². The lowest BCUT2D eigenvalue weighted by molar-refractivity contribution is -0.147. The molecule has 0 aromatic carbocycles. The molecule has 0 bridgehead atoms. The third-order valence-electron chi connectivity index (χ3n) is 3.17. The van der Waals surface area contributed by atoms with Crippen LogP contribution in [0.2, 0.25) is 0 Å². The summed E-state index contributed by atoms with van der Waals surface area (Å²) in [5.41, 5.74) is 1.28. The quantitative estimate of drug-likeness (QED) is 0.776. The van der Waals surface area contributed by atoms with Crippen LogP contribution in [-0.2, 0) is 10.2 Å². The summed E-state index contributed by atoms with van der Waals surface area (Å²) in [6.45, 7) is 1.94. The standard InChI is InChI=1S/C11H13NO2/c1-8-3-6-12-7-9(8)11(10(13)14)4-2-5-11/h3,6-7H,2,4-5H2,1H3,(H,13,14). The van der Waals surface area contributed by atoms with Crippen LogP contribution in [0.15, 0.2) is 18.5 Å². The number of pyridine rings is 1. The summed E-state index contributed by atoms with van der Waals surface area (Å²) in [6.07, 6.45) is 5.89. The Morgan fingerprint density at radius 1 is 1.57 bits per heavy atom. The molecule has 74 valence electrons. The number of rotatable bonds is 2. The summed E-state index contributed by atoms with van der Waals surface area (Å²) in [5, 5.41) is 9.23. The zero-order valence-electron chi connectivity index (χ0n) is 8.16. The Morgan fingerprint density at radius 2 is 2.29 bits per heavy atom. The van der Waals surface area contributed by atoms with E-state index >= 15 is 0 Å². The van der Waals surface area contributed by atoms with E-state index in [2.05, 4.69) is 4.98 Å². The van der Waals surface area contributed by atoms with Gasteiger partial charge in [-0.25, -0.2) is 0 Å². The fourth-order valence-corrected chi connectivity index (χ4v) is 2.09. The first-order valence-electron chi connectivity index (χ1n) is 4.81. The van der Waals surface area contributed by atoms with Crippen LogP contribution in [0.25, 0.3) is 0 Å². The van der Waals surface area contributed by atoms with Gasteiger partial charge in [-0.2, -0.15) is 0 Å². The molecular formula is C11H13NO2. The highest BCUT2D eigenvalue weighted by molar-refractivity contribution is 5.83. The molecule has 0 amide bonds. The van der Waals surface area contributed by atoms with Gasteiger partial charge in [0.05, 0.1) is 5.41 Å². The number of aryl methyl sites for hydroxylation is 1. The van der Waals surface area contributed by atoms with Gasteiger partial charge in [-0.1, -0.05) is 6.42 Å². The zero-order chi connectivity index (χ0) is 10.2. The molecular weight excluding hydrogens is 178 g/mol. The molecule has 1 aliphatic carbocycles. The smallest absolute Gasteiger partial charge is 0.314 e. The van der Waals surface area contributed by atoms with Crippen LogP contribution in [0.1, 0.15) is 30.4 Å². The van der Waals surface area contributed by atoms with E-state index in [4.69, 9.17) is 0 Å².